The number of amides is 2. The van der Waals surface area contributed by atoms with Crippen LogP contribution >= 0.6 is 0 Å². The van der Waals surface area contributed by atoms with Crippen LogP contribution in [0, 0.1) is 11.6 Å². The number of nitrogens with one attached hydrogen (secondary N) is 2. The molecule has 0 aliphatic heterocycles. The van der Waals surface area contributed by atoms with Gasteiger partial charge in [0.25, 0.3) is 5.91 Å². The lowest BCUT2D eigenvalue weighted by Crippen LogP contribution is -2.39. The van der Waals surface area contributed by atoms with Crippen molar-refractivity contribution in [2.45, 2.75) is 12.6 Å². The highest BCUT2D eigenvalue weighted by Crippen LogP contribution is 2.19. The Morgan fingerprint density at radius 3 is 2.27 bits per heavy atom. The van der Waals surface area contributed by atoms with E-state index in [9.17, 15) is 18.4 Å². The molecule has 0 saturated carbocycles. The van der Waals surface area contributed by atoms with Gasteiger partial charge in [0.1, 0.15) is 18.4 Å². The third kappa shape index (κ3) is 5.20. The summed E-state index contributed by atoms with van der Waals surface area (Å²) < 4.78 is 32.5. The number of benzene rings is 3. The Morgan fingerprint density at radius 2 is 1.63 bits per heavy atom. The third-order valence-corrected chi connectivity index (χ3v) is 4.43. The molecule has 3 aromatic rings. The number of hydrogen-bond donors (Lipinski definition) is 2. The fourth-order valence-corrected chi connectivity index (χ4v) is 2.79. The van der Waals surface area contributed by atoms with Gasteiger partial charge in [-0.25, -0.2) is 8.78 Å². The summed E-state index contributed by atoms with van der Waals surface area (Å²) in [4.78, 5) is 24.8. The Kier molecular flexibility index (Phi) is 6.75. The summed E-state index contributed by atoms with van der Waals surface area (Å²) in [6.07, 6.45) is 0. The van der Waals surface area contributed by atoms with E-state index in [1.54, 1.807) is 24.3 Å². The first-order chi connectivity index (χ1) is 14.5. The number of ether oxygens (including phenoxy) is 1. The fourth-order valence-electron chi connectivity index (χ4n) is 2.79. The number of halogens is 2. The van der Waals surface area contributed by atoms with E-state index in [1.807, 2.05) is 30.3 Å². The largest absolute Gasteiger partial charge is 0.489 e. The minimum atomic E-state index is -1.17. The van der Waals surface area contributed by atoms with Crippen molar-refractivity contribution >= 4 is 11.8 Å². The zero-order chi connectivity index (χ0) is 21.5. The van der Waals surface area contributed by atoms with Gasteiger partial charge in [0, 0.05) is 12.6 Å². The maximum Gasteiger partial charge on any atom is 0.252 e. The van der Waals surface area contributed by atoms with Crippen molar-refractivity contribution in [2.75, 3.05) is 7.05 Å². The summed E-state index contributed by atoms with van der Waals surface area (Å²) >= 11 is 0. The minimum Gasteiger partial charge on any atom is -0.489 e. The SMILES string of the molecule is CNC(=O)C(NC(=O)c1ccc(OCc2ccccc2)cc1)c1ccc(F)c(F)c1. The fraction of sp³-hybridized carbons (Fsp3) is 0.130. The smallest absolute Gasteiger partial charge is 0.252 e. The van der Waals surface area contributed by atoms with Crippen LogP contribution in [0.5, 0.6) is 5.75 Å². The average Bonchev–Trinajstić information content (AvgIpc) is 2.78. The predicted molar refractivity (Wildman–Crippen MR) is 108 cm³/mol. The van der Waals surface area contributed by atoms with Gasteiger partial charge in [0.05, 0.1) is 0 Å². The molecular weight excluding hydrogens is 390 g/mol. The molecule has 0 spiro atoms. The normalized spacial score (nSPS) is 11.4. The van der Waals surface area contributed by atoms with Crippen LogP contribution in [0.15, 0.2) is 72.8 Å². The van der Waals surface area contributed by atoms with Gasteiger partial charge in [-0.15, -0.1) is 0 Å². The highest BCUT2D eigenvalue weighted by molar-refractivity contribution is 5.97. The van der Waals surface area contributed by atoms with E-state index in [2.05, 4.69) is 10.6 Å². The number of carbonyl (C=O) groups excluding carboxylic acids is 2. The zero-order valence-corrected chi connectivity index (χ0v) is 16.2. The van der Waals surface area contributed by atoms with Crippen LogP contribution in [-0.4, -0.2) is 18.9 Å². The van der Waals surface area contributed by atoms with Crippen molar-refractivity contribution < 1.29 is 23.1 Å². The van der Waals surface area contributed by atoms with Crippen LogP contribution in [0.2, 0.25) is 0 Å². The van der Waals surface area contributed by atoms with Gasteiger partial charge >= 0.3 is 0 Å². The van der Waals surface area contributed by atoms with Crippen LogP contribution in [0.3, 0.4) is 0 Å². The molecule has 1 unspecified atom stereocenters. The summed E-state index contributed by atoms with van der Waals surface area (Å²) in [7, 11) is 1.39. The first kappa shape index (κ1) is 21.0. The summed E-state index contributed by atoms with van der Waals surface area (Å²) in [5.41, 5.74) is 1.43. The molecule has 0 bridgehead atoms. The average molecular weight is 410 g/mol. The Balaban J connectivity index is 1.69. The molecule has 1 atom stereocenters. The highest BCUT2D eigenvalue weighted by atomic mass is 19.2. The number of carbonyl (C=O) groups is 2. The molecule has 5 nitrogen and oxygen atoms in total. The molecule has 30 heavy (non-hydrogen) atoms. The molecule has 0 radical (unpaired) electrons. The molecule has 0 fully saturated rings. The maximum absolute atomic E-state index is 13.6. The second kappa shape index (κ2) is 9.65. The lowest BCUT2D eigenvalue weighted by molar-refractivity contribution is -0.122. The third-order valence-electron chi connectivity index (χ3n) is 4.43. The van der Waals surface area contributed by atoms with Crippen molar-refractivity contribution in [2.24, 2.45) is 0 Å². The Bertz CT molecular complexity index is 1020. The first-order valence-electron chi connectivity index (χ1n) is 9.22. The molecule has 2 N–H and O–H groups in total. The van der Waals surface area contributed by atoms with Crippen molar-refractivity contribution in [3.8, 4) is 5.75 Å². The molecule has 3 rings (SSSR count). The van der Waals surface area contributed by atoms with E-state index < -0.39 is 29.5 Å². The van der Waals surface area contributed by atoms with Crippen LogP contribution in [0.4, 0.5) is 8.78 Å². The van der Waals surface area contributed by atoms with E-state index >= 15 is 0 Å². The van der Waals surface area contributed by atoms with E-state index in [0.717, 1.165) is 17.7 Å². The van der Waals surface area contributed by atoms with Gasteiger partial charge in [-0.2, -0.15) is 0 Å². The molecule has 0 aliphatic rings. The van der Waals surface area contributed by atoms with Crippen molar-refractivity contribution in [3.05, 3.63) is 101 Å². The summed E-state index contributed by atoms with van der Waals surface area (Å²) in [5, 5.41) is 4.95. The second-order valence-electron chi connectivity index (χ2n) is 6.49. The van der Waals surface area contributed by atoms with Crippen molar-refractivity contribution in [3.63, 3.8) is 0 Å². The van der Waals surface area contributed by atoms with Crippen molar-refractivity contribution in [1.82, 2.24) is 10.6 Å². The van der Waals surface area contributed by atoms with Crippen LogP contribution in [0.25, 0.3) is 0 Å². The van der Waals surface area contributed by atoms with E-state index in [0.29, 0.717) is 17.9 Å². The lowest BCUT2D eigenvalue weighted by atomic mass is 10.0. The van der Waals surface area contributed by atoms with Gasteiger partial charge in [0.2, 0.25) is 5.91 Å². The van der Waals surface area contributed by atoms with Gasteiger partial charge in [-0.1, -0.05) is 36.4 Å². The van der Waals surface area contributed by atoms with Crippen LogP contribution in [-0.2, 0) is 11.4 Å². The first-order valence-corrected chi connectivity index (χ1v) is 9.22. The minimum absolute atomic E-state index is 0.129. The Morgan fingerprint density at radius 1 is 0.933 bits per heavy atom. The predicted octanol–water partition coefficient (Wildman–Crippen LogP) is 3.76. The van der Waals surface area contributed by atoms with E-state index in [4.69, 9.17) is 4.74 Å². The highest BCUT2D eigenvalue weighted by Gasteiger charge is 2.23. The van der Waals surface area contributed by atoms with Crippen LogP contribution < -0.4 is 15.4 Å². The summed E-state index contributed by atoms with van der Waals surface area (Å²) in [6.45, 7) is 0.390. The molecule has 0 aromatic heterocycles. The lowest BCUT2D eigenvalue weighted by Gasteiger charge is -2.18. The van der Waals surface area contributed by atoms with Gasteiger partial charge < -0.3 is 15.4 Å². The summed E-state index contributed by atoms with van der Waals surface area (Å²) in [6, 6.07) is 17.9. The topological polar surface area (TPSA) is 67.4 Å². The van der Waals surface area contributed by atoms with Crippen LogP contribution in [0.1, 0.15) is 27.5 Å². The molecule has 0 saturated heterocycles. The number of rotatable bonds is 7. The molecule has 0 aliphatic carbocycles. The zero-order valence-electron chi connectivity index (χ0n) is 16.2. The standard InChI is InChI=1S/C23H20F2N2O3/c1-26-23(29)21(17-9-12-19(24)20(25)13-17)27-22(28)16-7-10-18(11-8-16)30-14-15-5-3-2-4-6-15/h2-13,21H,14H2,1H3,(H,26,29)(H,27,28). The molecule has 3 aromatic carbocycles. The maximum atomic E-state index is 13.6. The molecule has 154 valence electrons. The molecular formula is C23H20F2N2O3. The van der Waals surface area contributed by atoms with E-state index in [1.165, 1.54) is 13.1 Å². The van der Waals surface area contributed by atoms with Gasteiger partial charge in [-0.05, 0) is 47.5 Å². The molecule has 2 amide bonds. The number of likely N-dealkylation sites (N-methyl/N-ethyl adjacent to an activating group) is 1. The second-order valence-corrected chi connectivity index (χ2v) is 6.49. The molecule has 7 heteroatoms. The number of hydrogen-bond acceptors (Lipinski definition) is 3. The van der Waals surface area contributed by atoms with Gasteiger partial charge in [-0.3, -0.25) is 9.59 Å². The Labute approximate surface area is 172 Å². The monoisotopic (exact) mass is 410 g/mol. The van der Waals surface area contributed by atoms with Crippen molar-refractivity contribution in [1.29, 1.82) is 0 Å². The molecule has 0 heterocycles. The Hall–Kier alpha value is -3.74. The van der Waals surface area contributed by atoms with Gasteiger partial charge in [0.15, 0.2) is 11.6 Å². The van der Waals surface area contributed by atoms with E-state index in [-0.39, 0.29) is 5.56 Å². The quantitative estimate of drug-likeness (QED) is 0.623. The summed E-state index contributed by atoms with van der Waals surface area (Å²) in [5.74, 6) is -2.65.